The zero-order valence-corrected chi connectivity index (χ0v) is 18.7. The van der Waals surface area contributed by atoms with Crippen molar-refractivity contribution in [1.82, 2.24) is 24.8 Å². The molecule has 1 aliphatic heterocycles. The SMILES string of the molecule is CCc1cc2ncc(CN3CCN(c4cc5ccnc(NC)c5nc4F)CC3)cc2[nH]c1=O. The predicted molar refractivity (Wildman–Crippen MR) is 128 cm³/mol. The van der Waals surface area contributed by atoms with Crippen molar-refractivity contribution >= 4 is 33.4 Å². The topological polar surface area (TPSA) is 90.0 Å². The van der Waals surface area contributed by atoms with Crippen LogP contribution in [-0.4, -0.2) is 58.1 Å². The van der Waals surface area contributed by atoms with E-state index in [1.807, 2.05) is 42.3 Å². The lowest BCUT2D eigenvalue weighted by molar-refractivity contribution is 0.249. The molecule has 0 spiro atoms. The summed E-state index contributed by atoms with van der Waals surface area (Å²) >= 11 is 0. The Morgan fingerprint density at radius 1 is 1.15 bits per heavy atom. The van der Waals surface area contributed by atoms with Gasteiger partial charge in [0.25, 0.3) is 5.56 Å². The van der Waals surface area contributed by atoms with Crippen molar-refractivity contribution in [3.63, 3.8) is 0 Å². The molecule has 5 rings (SSSR count). The molecule has 0 radical (unpaired) electrons. The van der Waals surface area contributed by atoms with Gasteiger partial charge in [-0.3, -0.25) is 14.7 Å². The molecule has 0 saturated carbocycles. The number of H-pyrrole nitrogens is 1. The summed E-state index contributed by atoms with van der Waals surface area (Å²) in [6, 6.07) is 7.56. The van der Waals surface area contributed by atoms with Gasteiger partial charge in [0.15, 0.2) is 5.82 Å². The van der Waals surface area contributed by atoms with Crippen molar-refractivity contribution in [3.05, 3.63) is 64.1 Å². The number of aryl methyl sites for hydroxylation is 1. The molecule has 2 N–H and O–H groups in total. The monoisotopic (exact) mass is 447 g/mol. The summed E-state index contributed by atoms with van der Waals surface area (Å²) < 4.78 is 14.8. The Balaban J connectivity index is 1.29. The van der Waals surface area contributed by atoms with Crippen LogP contribution in [-0.2, 0) is 13.0 Å². The number of rotatable bonds is 5. The number of pyridine rings is 4. The third kappa shape index (κ3) is 4.11. The minimum atomic E-state index is -0.477. The van der Waals surface area contributed by atoms with E-state index in [1.165, 1.54) is 0 Å². The van der Waals surface area contributed by atoms with Crippen LogP contribution in [0.2, 0.25) is 0 Å². The van der Waals surface area contributed by atoms with Crippen molar-refractivity contribution in [2.75, 3.05) is 43.4 Å². The highest BCUT2D eigenvalue weighted by atomic mass is 19.1. The third-order valence-corrected chi connectivity index (χ3v) is 6.23. The Morgan fingerprint density at radius 3 is 2.73 bits per heavy atom. The smallest absolute Gasteiger partial charge is 0.251 e. The highest BCUT2D eigenvalue weighted by Crippen LogP contribution is 2.27. The lowest BCUT2D eigenvalue weighted by atomic mass is 10.1. The van der Waals surface area contributed by atoms with Gasteiger partial charge in [-0.05, 0) is 36.2 Å². The number of anilines is 2. The number of piperazine rings is 1. The van der Waals surface area contributed by atoms with Gasteiger partial charge >= 0.3 is 0 Å². The lowest BCUT2D eigenvalue weighted by Gasteiger charge is -2.36. The molecule has 1 fully saturated rings. The number of nitrogens with one attached hydrogen (secondary N) is 2. The molecule has 1 aliphatic rings. The van der Waals surface area contributed by atoms with Crippen LogP contribution >= 0.6 is 0 Å². The quantitative estimate of drug-likeness (QED) is 0.455. The summed E-state index contributed by atoms with van der Waals surface area (Å²) in [6.07, 6.45) is 4.25. The third-order valence-electron chi connectivity index (χ3n) is 6.23. The summed E-state index contributed by atoms with van der Waals surface area (Å²) in [6.45, 7) is 5.67. The van der Waals surface area contributed by atoms with Gasteiger partial charge in [0, 0.05) is 63.1 Å². The van der Waals surface area contributed by atoms with E-state index in [9.17, 15) is 9.18 Å². The molecule has 8 nitrogen and oxygen atoms in total. The first-order valence-corrected chi connectivity index (χ1v) is 11.2. The van der Waals surface area contributed by atoms with E-state index in [0.717, 1.165) is 47.2 Å². The molecule has 170 valence electrons. The van der Waals surface area contributed by atoms with Crippen LogP contribution in [0.15, 0.2) is 41.5 Å². The Hall–Kier alpha value is -3.59. The van der Waals surface area contributed by atoms with Crippen LogP contribution in [0.5, 0.6) is 0 Å². The fraction of sp³-hybridized carbons (Fsp3) is 0.333. The van der Waals surface area contributed by atoms with Crippen LogP contribution < -0.4 is 15.8 Å². The summed E-state index contributed by atoms with van der Waals surface area (Å²) in [5, 5.41) is 3.82. The van der Waals surface area contributed by atoms with Crippen molar-refractivity contribution < 1.29 is 4.39 Å². The number of fused-ring (bicyclic) bond motifs is 2. The maximum absolute atomic E-state index is 14.8. The Morgan fingerprint density at radius 2 is 1.97 bits per heavy atom. The van der Waals surface area contributed by atoms with E-state index in [-0.39, 0.29) is 5.56 Å². The van der Waals surface area contributed by atoms with E-state index in [1.54, 1.807) is 13.2 Å². The zero-order valence-electron chi connectivity index (χ0n) is 18.7. The summed E-state index contributed by atoms with van der Waals surface area (Å²) in [4.78, 5) is 32.4. The maximum atomic E-state index is 14.8. The molecular formula is C24H26FN7O. The standard InChI is InChI=1S/C24H26FN7O/c1-3-16-11-18-19(29-24(16)33)10-15(13-28-18)14-31-6-8-32(9-7-31)20-12-17-4-5-27-23(26-2)21(17)30-22(20)25/h4-5,10-13H,3,6-9,14H2,1-2H3,(H,26,27)(H,29,33). The van der Waals surface area contributed by atoms with E-state index in [2.05, 4.69) is 30.2 Å². The van der Waals surface area contributed by atoms with Gasteiger partial charge in [0.05, 0.1) is 16.7 Å². The van der Waals surface area contributed by atoms with Gasteiger partial charge in [-0.25, -0.2) is 9.97 Å². The molecular weight excluding hydrogens is 421 g/mol. The van der Waals surface area contributed by atoms with Gasteiger partial charge in [-0.2, -0.15) is 4.39 Å². The van der Waals surface area contributed by atoms with Crippen LogP contribution in [0, 0.1) is 5.95 Å². The van der Waals surface area contributed by atoms with E-state index >= 15 is 0 Å². The molecule has 4 aromatic rings. The second-order valence-electron chi connectivity index (χ2n) is 8.30. The Bertz CT molecular complexity index is 1380. The normalized spacial score (nSPS) is 14.8. The minimum absolute atomic E-state index is 0.0544. The number of hydrogen-bond donors (Lipinski definition) is 2. The van der Waals surface area contributed by atoms with Crippen molar-refractivity contribution in [3.8, 4) is 0 Å². The second-order valence-corrected chi connectivity index (χ2v) is 8.30. The number of aromatic amines is 1. The predicted octanol–water partition coefficient (Wildman–Crippen LogP) is 2.93. The average molecular weight is 448 g/mol. The fourth-order valence-electron chi connectivity index (χ4n) is 4.39. The molecule has 0 amide bonds. The second kappa shape index (κ2) is 8.74. The summed E-state index contributed by atoms with van der Waals surface area (Å²) in [7, 11) is 1.75. The zero-order chi connectivity index (χ0) is 22.9. The number of nitrogens with zero attached hydrogens (tertiary/aromatic N) is 5. The van der Waals surface area contributed by atoms with Crippen molar-refractivity contribution in [1.29, 1.82) is 0 Å². The molecule has 9 heteroatoms. The molecule has 0 aromatic carbocycles. The molecule has 0 bridgehead atoms. The van der Waals surface area contributed by atoms with Gasteiger partial charge < -0.3 is 15.2 Å². The summed E-state index contributed by atoms with van der Waals surface area (Å²) in [5.74, 6) is 0.0913. The highest BCUT2D eigenvalue weighted by molar-refractivity contribution is 5.90. The van der Waals surface area contributed by atoms with Crippen LogP contribution in [0.3, 0.4) is 0 Å². The van der Waals surface area contributed by atoms with Gasteiger partial charge in [0.2, 0.25) is 5.95 Å². The van der Waals surface area contributed by atoms with Gasteiger partial charge in [-0.1, -0.05) is 6.92 Å². The first-order chi connectivity index (χ1) is 16.1. The molecule has 0 unspecified atom stereocenters. The van der Waals surface area contributed by atoms with Gasteiger partial charge in [-0.15, -0.1) is 0 Å². The Kier molecular flexibility index (Phi) is 5.63. The van der Waals surface area contributed by atoms with E-state index in [0.29, 0.717) is 36.5 Å². The molecule has 4 aromatic heterocycles. The molecule has 1 saturated heterocycles. The Labute approximate surface area is 190 Å². The summed E-state index contributed by atoms with van der Waals surface area (Å²) in [5.41, 5.74) is 4.35. The van der Waals surface area contributed by atoms with Crippen molar-refractivity contribution in [2.24, 2.45) is 0 Å². The molecule has 0 atom stereocenters. The largest absolute Gasteiger partial charge is 0.371 e. The van der Waals surface area contributed by atoms with Crippen LogP contribution in [0.1, 0.15) is 18.1 Å². The van der Waals surface area contributed by atoms with Gasteiger partial charge in [0.1, 0.15) is 5.52 Å². The molecule has 33 heavy (non-hydrogen) atoms. The highest BCUT2D eigenvalue weighted by Gasteiger charge is 2.21. The number of hydrogen-bond acceptors (Lipinski definition) is 7. The fourth-order valence-corrected chi connectivity index (χ4v) is 4.39. The van der Waals surface area contributed by atoms with E-state index < -0.39 is 5.95 Å². The average Bonchev–Trinajstić information content (AvgIpc) is 2.83. The first kappa shape index (κ1) is 21.3. The molecule has 5 heterocycles. The lowest BCUT2D eigenvalue weighted by Crippen LogP contribution is -2.46. The van der Waals surface area contributed by atoms with Crippen molar-refractivity contribution in [2.45, 2.75) is 19.9 Å². The van der Waals surface area contributed by atoms with Crippen LogP contribution in [0.4, 0.5) is 15.9 Å². The maximum Gasteiger partial charge on any atom is 0.251 e. The minimum Gasteiger partial charge on any atom is -0.371 e. The molecule has 0 aliphatic carbocycles. The number of halogens is 1. The van der Waals surface area contributed by atoms with Crippen LogP contribution in [0.25, 0.3) is 21.9 Å². The number of aromatic nitrogens is 4. The first-order valence-electron chi connectivity index (χ1n) is 11.2. The van der Waals surface area contributed by atoms with E-state index in [4.69, 9.17) is 0 Å².